The van der Waals surface area contributed by atoms with Gasteiger partial charge in [0.25, 0.3) is 0 Å². The molecule has 0 bridgehead atoms. The zero-order valence-electron chi connectivity index (χ0n) is 18.4. The minimum atomic E-state index is 0.894. The molecule has 0 N–H and O–H groups in total. The topological polar surface area (TPSA) is 17.8 Å². The Hall–Kier alpha value is -4.17. The van der Waals surface area contributed by atoms with E-state index in [1.165, 1.54) is 43.4 Å². The summed E-state index contributed by atoms with van der Waals surface area (Å²) < 4.78 is 2.28. The van der Waals surface area contributed by atoms with Crippen LogP contribution in [0.5, 0.6) is 0 Å². The van der Waals surface area contributed by atoms with Gasteiger partial charge in [0.1, 0.15) is 5.82 Å². The first-order chi connectivity index (χ1) is 16.3. The molecule has 156 valence electrons. The Bertz CT molecular complexity index is 1770. The predicted molar refractivity (Wildman–Crippen MR) is 140 cm³/mol. The van der Waals surface area contributed by atoms with E-state index < -0.39 is 0 Å². The maximum absolute atomic E-state index is 4.84. The molecule has 0 radical (unpaired) electrons. The van der Waals surface area contributed by atoms with E-state index in [-0.39, 0.29) is 0 Å². The molecule has 2 heteroatoms. The number of imidazole rings is 1. The van der Waals surface area contributed by atoms with Gasteiger partial charge in [-0.05, 0) is 67.7 Å². The van der Waals surface area contributed by atoms with Crippen molar-refractivity contribution in [2.45, 2.75) is 13.3 Å². The minimum absolute atomic E-state index is 0.894. The molecular formula is C31H22N2. The summed E-state index contributed by atoms with van der Waals surface area (Å²) in [6.07, 6.45) is 0.894. The summed E-state index contributed by atoms with van der Waals surface area (Å²) in [6, 6.07) is 37.4. The summed E-state index contributed by atoms with van der Waals surface area (Å²) in [5, 5.41) is 7.94. The first-order valence-corrected chi connectivity index (χ1v) is 11.6. The SMILES string of the molecule is CCc1nc2ccccc2n1-c1ccc(-c2ccc3ccc4cccc5ccc2c3c45)cc1. The Kier molecular flexibility index (Phi) is 3.86. The van der Waals surface area contributed by atoms with Crippen molar-refractivity contribution < 1.29 is 0 Å². The summed E-state index contributed by atoms with van der Waals surface area (Å²) in [5.41, 5.74) is 5.87. The van der Waals surface area contributed by atoms with Gasteiger partial charge in [0.15, 0.2) is 0 Å². The van der Waals surface area contributed by atoms with Crippen molar-refractivity contribution in [2.24, 2.45) is 0 Å². The summed E-state index contributed by atoms with van der Waals surface area (Å²) in [5.74, 6) is 1.09. The molecule has 33 heavy (non-hydrogen) atoms. The Morgan fingerprint density at radius 3 is 2.12 bits per heavy atom. The first-order valence-electron chi connectivity index (χ1n) is 11.6. The van der Waals surface area contributed by atoms with E-state index in [4.69, 9.17) is 4.98 Å². The van der Waals surface area contributed by atoms with Gasteiger partial charge in [0, 0.05) is 12.1 Å². The molecule has 0 spiro atoms. The van der Waals surface area contributed by atoms with Crippen LogP contribution in [0.15, 0.2) is 103 Å². The summed E-state index contributed by atoms with van der Waals surface area (Å²) >= 11 is 0. The van der Waals surface area contributed by atoms with Crippen molar-refractivity contribution in [2.75, 3.05) is 0 Å². The largest absolute Gasteiger partial charge is 0.296 e. The number of benzene rings is 6. The van der Waals surface area contributed by atoms with Crippen LogP contribution in [0, 0.1) is 0 Å². The monoisotopic (exact) mass is 422 g/mol. The van der Waals surface area contributed by atoms with Crippen molar-refractivity contribution in [1.29, 1.82) is 0 Å². The van der Waals surface area contributed by atoms with E-state index in [1.807, 2.05) is 0 Å². The third kappa shape index (κ3) is 2.64. The summed E-state index contributed by atoms with van der Waals surface area (Å²) in [4.78, 5) is 4.84. The van der Waals surface area contributed by atoms with Gasteiger partial charge in [-0.3, -0.25) is 4.57 Å². The van der Waals surface area contributed by atoms with Crippen molar-refractivity contribution in [3.05, 3.63) is 109 Å². The van der Waals surface area contributed by atoms with Gasteiger partial charge in [-0.2, -0.15) is 0 Å². The molecule has 6 aromatic carbocycles. The number of fused-ring (bicyclic) bond motifs is 1. The average molecular weight is 423 g/mol. The van der Waals surface area contributed by atoms with E-state index in [0.717, 1.165) is 29.0 Å². The second kappa shape index (κ2) is 6.91. The molecule has 1 heterocycles. The van der Waals surface area contributed by atoms with Gasteiger partial charge >= 0.3 is 0 Å². The summed E-state index contributed by atoms with van der Waals surface area (Å²) in [6.45, 7) is 2.16. The first kappa shape index (κ1) is 18.4. The molecule has 7 rings (SSSR count). The second-order valence-corrected chi connectivity index (χ2v) is 8.72. The molecule has 0 saturated heterocycles. The highest BCUT2D eigenvalue weighted by molar-refractivity contribution is 6.25. The van der Waals surface area contributed by atoms with E-state index >= 15 is 0 Å². The predicted octanol–water partition coefficient (Wildman–Crippen LogP) is 8.15. The van der Waals surface area contributed by atoms with Crippen LogP contribution < -0.4 is 0 Å². The third-order valence-corrected chi connectivity index (χ3v) is 6.91. The van der Waals surface area contributed by atoms with E-state index in [1.54, 1.807) is 0 Å². The lowest BCUT2D eigenvalue weighted by atomic mass is 9.90. The molecule has 7 aromatic rings. The Morgan fingerprint density at radius 1 is 0.636 bits per heavy atom. The third-order valence-electron chi connectivity index (χ3n) is 6.91. The van der Waals surface area contributed by atoms with Crippen molar-refractivity contribution in [3.63, 3.8) is 0 Å². The lowest BCUT2D eigenvalue weighted by Crippen LogP contribution is -1.99. The van der Waals surface area contributed by atoms with E-state index in [2.05, 4.69) is 115 Å². The number of para-hydroxylation sites is 2. The molecule has 0 aliphatic carbocycles. The molecule has 0 saturated carbocycles. The normalized spacial score (nSPS) is 11.9. The molecule has 0 unspecified atom stereocenters. The summed E-state index contributed by atoms with van der Waals surface area (Å²) in [7, 11) is 0. The number of nitrogens with zero attached hydrogens (tertiary/aromatic N) is 2. The molecule has 0 amide bonds. The number of hydrogen-bond acceptors (Lipinski definition) is 1. The van der Waals surface area contributed by atoms with Gasteiger partial charge in [0.05, 0.1) is 11.0 Å². The molecule has 0 aliphatic rings. The van der Waals surface area contributed by atoms with Crippen LogP contribution in [0.4, 0.5) is 0 Å². The Balaban J connectivity index is 1.42. The smallest absolute Gasteiger partial charge is 0.114 e. The molecule has 0 atom stereocenters. The highest BCUT2D eigenvalue weighted by Gasteiger charge is 2.13. The number of aryl methyl sites for hydroxylation is 1. The lowest BCUT2D eigenvalue weighted by molar-refractivity contribution is 0.908. The fourth-order valence-electron chi connectivity index (χ4n) is 5.38. The van der Waals surface area contributed by atoms with Crippen LogP contribution in [0.2, 0.25) is 0 Å². The number of hydrogen-bond donors (Lipinski definition) is 0. The van der Waals surface area contributed by atoms with Gasteiger partial charge < -0.3 is 0 Å². The van der Waals surface area contributed by atoms with E-state index in [9.17, 15) is 0 Å². The van der Waals surface area contributed by atoms with Crippen molar-refractivity contribution >= 4 is 43.4 Å². The van der Waals surface area contributed by atoms with Gasteiger partial charge in [0.2, 0.25) is 0 Å². The van der Waals surface area contributed by atoms with Gasteiger partial charge in [-0.15, -0.1) is 0 Å². The standard InChI is InChI=1S/C31H22N2/c1-2-29-32-27-8-3-4-9-28(27)33(29)24-16-12-20(13-17-24)25-18-14-23-11-10-21-6-5-7-22-15-19-26(25)31(23)30(21)22/h3-19H,2H2,1H3. The van der Waals surface area contributed by atoms with Crippen molar-refractivity contribution in [3.8, 4) is 16.8 Å². The molecule has 1 aromatic heterocycles. The maximum Gasteiger partial charge on any atom is 0.114 e. The quantitative estimate of drug-likeness (QED) is 0.263. The van der Waals surface area contributed by atoms with E-state index in [0.29, 0.717) is 0 Å². The van der Waals surface area contributed by atoms with Crippen LogP contribution in [-0.4, -0.2) is 9.55 Å². The molecule has 0 aliphatic heterocycles. The zero-order valence-corrected chi connectivity index (χ0v) is 18.4. The van der Waals surface area contributed by atoms with Crippen molar-refractivity contribution in [1.82, 2.24) is 9.55 Å². The van der Waals surface area contributed by atoms with Crippen LogP contribution in [0.3, 0.4) is 0 Å². The minimum Gasteiger partial charge on any atom is -0.296 e. The van der Waals surface area contributed by atoms with Gasteiger partial charge in [-0.1, -0.05) is 85.8 Å². The van der Waals surface area contributed by atoms with Gasteiger partial charge in [-0.25, -0.2) is 4.98 Å². The van der Waals surface area contributed by atoms with Crippen LogP contribution in [-0.2, 0) is 6.42 Å². The molecule has 0 fully saturated rings. The zero-order chi connectivity index (χ0) is 21.9. The fourth-order valence-corrected chi connectivity index (χ4v) is 5.38. The Morgan fingerprint density at radius 2 is 1.33 bits per heavy atom. The highest BCUT2D eigenvalue weighted by Crippen LogP contribution is 2.39. The highest BCUT2D eigenvalue weighted by atomic mass is 15.1. The molecular weight excluding hydrogens is 400 g/mol. The Labute approximate surface area is 192 Å². The molecule has 2 nitrogen and oxygen atoms in total. The van der Waals surface area contributed by atoms with Crippen LogP contribution in [0.25, 0.3) is 60.2 Å². The fraction of sp³-hybridized carbons (Fsp3) is 0.0645. The van der Waals surface area contributed by atoms with Crippen LogP contribution in [0.1, 0.15) is 12.7 Å². The second-order valence-electron chi connectivity index (χ2n) is 8.72. The lowest BCUT2D eigenvalue weighted by Gasteiger charge is -2.15. The maximum atomic E-state index is 4.84. The number of rotatable bonds is 3. The van der Waals surface area contributed by atoms with Crippen LogP contribution >= 0.6 is 0 Å². The number of aromatic nitrogens is 2. The average Bonchev–Trinajstić information content (AvgIpc) is 3.26.